The number of morpholine rings is 1. The van der Waals surface area contributed by atoms with Crippen LogP contribution in [0.1, 0.15) is 21.5 Å². The van der Waals surface area contributed by atoms with Gasteiger partial charge in [0.05, 0.1) is 19.8 Å². The van der Waals surface area contributed by atoms with Crippen molar-refractivity contribution in [3.63, 3.8) is 0 Å². The van der Waals surface area contributed by atoms with Gasteiger partial charge in [-0.2, -0.15) is 0 Å². The van der Waals surface area contributed by atoms with Crippen LogP contribution in [0.2, 0.25) is 0 Å². The molecule has 0 spiro atoms. The number of H-pyrrole nitrogens is 1. The molecule has 0 aliphatic carbocycles. The maximum absolute atomic E-state index is 12.9. The van der Waals surface area contributed by atoms with Gasteiger partial charge in [-0.05, 0) is 66.4 Å². The van der Waals surface area contributed by atoms with E-state index in [0.29, 0.717) is 31.9 Å². The van der Waals surface area contributed by atoms with Crippen LogP contribution < -0.4 is 4.90 Å². The van der Waals surface area contributed by atoms with E-state index in [9.17, 15) is 9.90 Å². The molecular formula is C32H37N5O3. The van der Waals surface area contributed by atoms with E-state index >= 15 is 0 Å². The molecule has 2 aliphatic heterocycles. The van der Waals surface area contributed by atoms with Crippen molar-refractivity contribution in [1.29, 1.82) is 0 Å². The Bertz CT molecular complexity index is 1480. The second-order valence-electron chi connectivity index (χ2n) is 10.8. The molecule has 1 amide bonds. The number of aromatic amines is 1. The fourth-order valence-electron chi connectivity index (χ4n) is 6.10. The van der Waals surface area contributed by atoms with E-state index in [2.05, 4.69) is 46.8 Å². The zero-order valence-corrected chi connectivity index (χ0v) is 23.3. The summed E-state index contributed by atoms with van der Waals surface area (Å²) >= 11 is 0. The number of aliphatic hydroxyl groups is 1. The van der Waals surface area contributed by atoms with Gasteiger partial charge >= 0.3 is 0 Å². The summed E-state index contributed by atoms with van der Waals surface area (Å²) in [6, 6.07) is 14.6. The van der Waals surface area contributed by atoms with Crippen molar-refractivity contribution in [2.24, 2.45) is 0 Å². The number of nitrogens with zero attached hydrogens (tertiary/aromatic N) is 4. The summed E-state index contributed by atoms with van der Waals surface area (Å²) < 4.78 is 5.38. The van der Waals surface area contributed by atoms with Crippen molar-refractivity contribution in [2.45, 2.75) is 13.8 Å². The second-order valence-corrected chi connectivity index (χ2v) is 10.8. The van der Waals surface area contributed by atoms with Gasteiger partial charge in [0.15, 0.2) is 0 Å². The number of anilines is 1. The Balaban J connectivity index is 1.25. The normalized spacial score (nSPS) is 16.6. The number of benzene rings is 2. The lowest BCUT2D eigenvalue weighted by Crippen LogP contribution is -2.47. The van der Waals surface area contributed by atoms with E-state index in [1.807, 2.05) is 41.6 Å². The molecule has 2 aromatic heterocycles. The van der Waals surface area contributed by atoms with Crippen LogP contribution in [0.3, 0.4) is 0 Å². The number of β-amino-alcohol motifs (C(OH)–C–C–N with tert-alkyl or cyclic N) is 1. The highest BCUT2D eigenvalue weighted by Gasteiger charge is 2.21. The van der Waals surface area contributed by atoms with Gasteiger partial charge in [-0.15, -0.1) is 0 Å². The van der Waals surface area contributed by atoms with Crippen LogP contribution in [0.4, 0.5) is 5.69 Å². The van der Waals surface area contributed by atoms with Gasteiger partial charge in [-0.3, -0.25) is 9.69 Å². The number of pyridine rings is 1. The molecule has 2 aromatic carbocycles. The van der Waals surface area contributed by atoms with Gasteiger partial charge in [0.2, 0.25) is 0 Å². The largest absolute Gasteiger partial charge is 0.395 e. The highest BCUT2D eigenvalue weighted by atomic mass is 16.5. The van der Waals surface area contributed by atoms with Crippen molar-refractivity contribution in [2.75, 3.05) is 70.5 Å². The number of rotatable bonds is 6. The van der Waals surface area contributed by atoms with Gasteiger partial charge < -0.3 is 24.6 Å². The zero-order valence-electron chi connectivity index (χ0n) is 23.3. The predicted molar refractivity (Wildman–Crippen MR) is 159 cm³/mol. The fourth-order valence-corrected chi connectivity index (χ4v) is 6.10. The summed E-state index contributed by atoms with van der Waals surface area (Å²) in [5, 5.41) is 10.3. The maximum Gasteiger partial charge on any atom is 0.254 e. The smallest absolute Gasteiger partial charge is 0.254 e. The molecule has 0 unspecified atom stereocenters. The number of hydrogen-bond donors (Lipinski definition) is 2. The molecular weight excluding hydrogens is 502 g/mol. The average molecular weight is 540 g/mol. The van der Waals surface area contributed by atoms with E-state index < -0.39 is 0 Å². The van der Waals surface area contributed by atoms with Crippen molar-refractivity contribution in [3.8, 4) is 22.3 Å². The number of aromatic nitrogens is 2. The average Bonchev–Trinajstić information content (AvgIpc) is 3.41. The van der Waals surface area contributed by atoms with Crippen LogP contribution in [-0.4, -0.2) is 96.4 Å². The molecule has 208 valence electrons. The van der Waals surface area contributed by atoms with Gasteiger partial charge in [0.1, 0.15) is 5.65 Å². The lowest BCUT2D eigenvalue weighted by atomic mass is 9.97. The molecule has 4 heterocycles. The summed E-state index contributed by atoms with van der Waals surface area (Å²) in [5.74, 6) is 0.0546. The van der Waals surface area contributed by atoms with Gasteiger partial charge in [0.25, 0.3) is 5.91 Å². The number of aryl methyl sites for hydroxylation is 2. The highest BCUT2D eigenvalue weighted by molar-refractivity contribution is 5.98. The molecule has 4 aromatic rings. The molecule has 8 nitrogen and oxygen atoms in total. The first kappa shape index (κ1) is 26.5. The standard InChI is InChI=1S/C32H37N5O3/c1-22-17-26(18-23(2)30(22)36-9-7-35(8-10-36)11-14-38)27-19-28-29(21-34-31(28)33-20-27)24-3-5-25(6-4-24)32(39)37-12-15-40-16-13-37/h3-6,17-21,38H,7-16H2,1-2H3,(H,33,34). The third-order valence-corrected chi connectivity index (χ3v) is 8.20. The summed E-state index contributed by atoms with van der Waals surface area (Å²) in [4.78, 5) is 27.6. The molecule has 0 radical (unpaired) electrons. The van der Waals surface area contributed by atoms with Crippen LogP contribution in [0, 0.1) is 13.8 Å². The Morgan fingerprint density at radius 1 is 0.925 bits per heavy atom. The predicted octanol–water partition coefficient (Wildman–Crippen LogP) is 4.10. The van der Waals surface area contributed by atoms with Crippen molar-refractivity contribution in [1.82, 2.24) is 19.8 Å². The zero-order chi connectivity index (χ0) is 27.6. The summed E-state index contributed by atoms with van der Waals surface area (Å²) in [7, 11) is 0. The number of carbonyl (C=O) groups is 1. The van der Waals surface area contributed by atoms with Crippen LogP contribution >= 0.6 is 0 Å². The number of ether oxygens (including phenoxy) is 1. The molecule has 40 heavy (non-hydrogen) atoms. The Hall–Kier alpha value is -3.72. The van der Waals surface area contributed by atoms with Crippen LogP contribution in [0.5, 0.6) is 0 Å². The third kappa shape index (κ3) is 5.22. The van der Waals surface area contributed by atoms with Gasteiger partial charge in [-0.1, -0.05) is 12.1 Å². The fraction of sp³-hybridized carbons (Fsp3) is 0.375. The first-order valence-electron chi connectivity index (χ1n) is 14.2. The minimum atomic E-state index is 0.0546. The molecule has 0 saturated carbocycles. The summed E-state index contributed by atoms with van der Waals surface area (Å²) in [5.41, 5.74) is 9.75. The first-order valence-corrected chi connectivity index (χ1v) is 14.2. The van der Waals surface area contributed by atoms with Crippen molar-refractivity contribution < 1.29 is 14.6 Å². The molecule has 6 rings (SSSR count). The molecule has 8 heteroatoms. The summed E-state index contributed by atoms with van der Waals surface area (Å²) in [6.07, 6.45) is 3.94. The van der Waals surface area contributed by atoms with E-state index in [1.54, 1.807) is 0 Å². The number of fused-ring (bicyclic) bond motifs is 1. The summed E-state index contributed by atoms with van der Waals surface area (Å²) in [6.45, 7) is 11.7. The first-order chi connectivity index (χ1) is 19.5. The topological polar surface area (TPSA) is 84.9 Å². The minimum absolute atomic E-state index is 0.0546. The van der Waals surface area contributed by atoms with Crippen LogP contribution in [0.25, 0.3) is 33.3 Å². The van der Waals surface area contributed by atoms with Crippen molar-refractivity contribution >= 4 is 22.6 Å². The maximum atomic E-state index is 12.9. The quantitative estimate of drug-likeness (QED) is 0.384. The highest BCUT2D eigenvalue weighted by Crippen LogP contribution is 2.35. The SMILES string of the molecule is Cc1cc(-c2cnc3[nH]cc(-c4ccc(C(=O)N5CCOCC5)cc4)c3c2)cc(C)c1N1CCN(CCO)CC1. The Labute approximate surface area is 235 Å². The van der Waals surface area contributed by atoms with E-state index in [0.717, 1.165) is 66.0 Å². The molecule has 2 aliphatic rings. The Morgan fingerprint density at radius 3 is 2.30 bits per heavy atom. The lowest BCUT2D eigenvalue weighted by Gasteiger charge is -2.37. The number of amides is 1. The molecule has 0 bridgehead atoms. The van der Waals surface area contributed by atoms with E-state index in [-0.39, 0.29) is 12.5 Å². The Morgan fingerprint density at radius 2 is 1.62 bits per heavy atom. The third-order valence-electron chi connectivity index (χ3n) is 8.20. The number of hydrogen-bond acceptors (Lipinski definition) is 6. The number of piperazine rings is 1. The Kier molecular flexibility index (Phi) is 7.56. The van der Waals surface area contributed by atoms with Crippen LogP contribution in [-0.2, 0) is 4.74 Å². The molecule has 0 atom stereocenters. The van der Waals surface area contributed by atoms with Gasteiger partial charge in [0, 0.05) is 86.0 Å². The van der Waals surface area contributed by atoms with E-state index in [1.165, 1.54) is 16.8 Å². The lowest BCUT2D eigenvalue weighted by molar-refractivity contribution is 0.0303. The number of nitrogens with one attached hydrogen (secondary N) is 1. The van der Waals surface area contributed by atoms with Crippen LogP contribution in [0.15, 0.2) is 54.9 Å². The molecule has 2 saturated heterocycles. The van der Waals surface area contributed by atoms with Crippen molar-refractivity contribution in [3.05, 3.63) is 71.5 Å². The van der Waals surface area contributed by atoms with Gasteiger partial charge in [-0.25, -0.2) is 4.98 Å². The minimum Gasteiger partial charge on any atom is -0.395 e. The number of aliphatic hydroxyl groups excluding tert-OH is 1. The molecule has 2 fully saturated rings. The second kappa shape index (κ2) is 11.4. The monoisotopic (exact) mass is 539 g/mol. The van der Waals surface area contributed by atoms with E-state index in [4.69, 9.17) is 9.72 Å². The molecule has 2 N–H and O–H groups in total. The number of carbonyl (C=O) groups excluding carboxylic acids is 1.